The predicted molar refractivity (Wildman–Crippen MR) is 122 cm³/mol. The third kappa shape index (κ3) is 4.17. The van der Waals surface area contributed by atoms with Crippen LogP contribution in [-0.2, 0) is 10.3 Å². The second-order valence-electron chi connectivity index (χ2n) is 7.12. The largest absolute Gasteiger partial charge is 0.325 e. The van der Waals surface area contributed by atoms with E-state index in [0.29, 0.717) is 0 Å². The minimum absolute atomic E-state index is 0.0895. The lowest BCUT2D eigenvalue weighted by molar-refractivity contribution is -0.115. The third-order valence-corrected chi connectivity index (χ3v) is 5.19. The number of hydrogen-bond donors (Lipinski definition) is 2. The van der Waals surface area contributed by atoms with Crippen LogP contribution in [0.25, 0.3) is 0 Å². The number of anilines is 1. The normalized spacial score (nSPS) is 11.1. The number of rotatable bonds is 7. The van der Waals surface area contributed by atoms with Gasteiger partial charge in [0.2, 0.25) is 5.91 Å². The van der Waals surface area contributed by atoms with Crippen LogP contribution in [0.1, 0.15) is 16.7 Å². The van der Waals surface area contributed by atoms with Crippen molar-refractivity contribution in [2.45, 2.75) is 5.54 Å². The van der Waals surface area contributed by atoms with Crippen molar-refractivity contribution < 1.29 is 4.79 Å². The van der Waals surface area contributed by atoms with Gasteiger partial charge >= 0.3 is 0 Å². The fourth-order valence-corrected chi connectivity index (χ4v) is 3.81. The van der Waals surface area contributed by atoms with Crippen LogP contribution in [0.15, 0.2) is 121 Å². The molecule has 0 aliphatic heterocycles. The van der Waals surface area contributed by atoms with Crippen LogP contribution in [0.3, 0.4) is 0 Å². The highest BCUT2D eigenvalue weighted by atomic mass is 16.1. The molecule has 4 aromatic rings. The van der Waals surface area contributed by atoms with Crippen molar-refractivity contribution in [2.24, 2.45) is 0 Å². The van der Waals surface area contributed by atoms with Crippen LogP contribution >= 0.6 is 0 Å². The van der Waals surface area contributed by atoms with Gasteiger partial charge in [-0.05, 0) is 28.8 Å². The van der Waals surface area contributed by atoms with Gasteiger partial charge in [0.25, 0.3) is 0 Å². The summed E-state index contributed by atoms with van der Waals surface area (Å²) in [5.74, 6) is -0.0895. The lowest BCUT2D eigenvalue weighted by atomic mass is 9.77. The fourth-order valence-electron chi connectivity index (χ4n) is 3.81. The van der Waals surface area contributed by atoms with Gasteiger partial charge in [-0.3, -0.25) is 10.1 Å². The van der Waals surface area contributed by atoms with Crippen LogP contribution < -0.4 is 10.6 Å². The molecule has 0 radical (unpaired) electrons. The Bertz CT molecular complexity index is 968. The van der Waals surface area contributed by atoms with Gasteiger partial charge in [0, 0.05) is 5.69 Å². The molecule has 0 atom stereocenters. The zero-order chi connectivity index (χ0) is 20.7. The topological polar surface area (TPSA) is 41.1 Å². The number of benzene rings is 4. The van der Waals surface area contributed by atoms with Crippen molar-refractivity contribution >= 4 is 11.6 Å². The second-order valence-corrected chi connectivity index (χ2v) is 7.12. The van der Waals surface area contributed by atoms with Gasteiger partial charge in [0.1, 0.15) is 0 Å². The van der Waals surface area contributed by atoms with Crippen molar-refractivity contribution in [1.29, 1.82) is 0 Å². The molecular formula is C27H24N2O. The summed E-state index contributed by atoms with van der Waals surface area (Å²) in [5, 5.41) is 6.56. The molecule has 0 aliphatic rings. The highest BCUT2D eigenvalue weighted by Gasteiger charge is 2.36. The first-order valence-electron chi connectivity index (χ1n) is 10.1. The molecule has 0 saturated carbocycles. The zero-order valence-electron chi connectivity index (χ0n) is 16.7. The molecule has 4 rings (SSSR count). The van der Waals surface area contributed by atoms with Gasteiger partial charge in [-0.15, -0.1) is 0 Å². The van der Waals surface area contributed by atoms with Gasteiger partial charge in [0.15, 0.2) is 0 Å². The Balaban J connectivity index is 1.74. The molecule has 30 heavy (non-hydrogen) atoms. The summed E-state index contributed by atoms with van der Waals surface area (Å²) in [6.45, 7) is 0.160. The van der Waals surface area contributed by atoms with E-state index in [4.69, 9.17) is 0 Å². The van der Waals surface area contributed by atoms with E-state index < -0.39 is 5.54 Å². The van der Waals surface area contributed by atoms with Crippen LogP contribution in [-0.4, -0.2) is 12.5 Å². The number of amides is 1. The van der Waals surface area contributed by atoms with Crippen molar-refractivity contribution in [3.63, 3.8) is 0 Å². The summed E-state index contributed by atoms with van der Waals surface area (Å²) in [7, 11) is 0. The first-order chi connectivity index (χ1) is 14.8. The number of para-hydroxylation sites is 1. The van der Waals surface area contributed by atoms with Crippen LogP contribution in [0.4, 0.5) is 5.69 Å². The molecule has 3 heteroatoms. The first-order valence-corrected chi connectivity index (χ1v) is 10.1. The summed E-state index contributed by atoms with van der Waals surface area (Å²) >= 11 is 0. The van der Waals surface area contributed by atoms with Gasteiger partial charge < -0.3 is 5.32 Å². The van der Waals surface area contributed by atoms with Crippen molar-refractivity contribution in [2.75, 3.05) is 11.9 Å². The van der Waals surface area contributed by atoms with E-state index in [1.165, 1.54) is 0 Å². The lowest BCUT2D eigenvalue weighted by Gasteiger charge is -2.37. The third-order valence-electron chi connectivity index (χ3n) is 5.19. The molecule has 0 bridgehead atoms. The molecule has 0 aromatic heterocycles. The molecule has 0 aliphatic carbocycles. The highest BCUT2D eigenvalue weighted by molar-refractivity contribution is 5.92. The second kappa shape index (κ2) is 9.21. The van der Waals surface area contributed by atoms with E-state index in [0.717, 1.165) is 22.4 Å². The minimum Gasteiger partial charge on any atom is -0.325 e. The summed E-state index contributed by atoms with van der Waals surface area (Å²) in [4.78, 5) is 12.8. The number of carbonyl (C=O) groups excluding carboxylic acids is 1. The van der Waals surface area contributed by atoms with Crippen molar-refractivity contribution in [3.05, 3.63) is 138 Å². The van der Waals surface area contributed by atoms with E-state index >= 15 is 0 Å². The van der Waals surface area contributed by atoms with E-state index in [2.05, 4.69) is 47.0 Å². The maximum Gasteiger partial charge on any atom is 0.238 e. The fraction of sp³-hybridized carbons (Fsp3) is 0.0741. The molecule has 0 fully saturated rings. The molecular weight excluding hydrogens is 368 g/mol. The first kappa shape index (κ1) is 19.6. The molecule has 0 spiro atoms. The number of nitrogens with one attached hydrogen (secondary N) is 2. The quantitative estimate of drug-likeness (QED) is 0.424. The van der Waals surface area contributed by atoms with Gasteiger partial charge in [0.05, 0.1) is 12.1 Å². The Morgan fingerprint density at radius 1 is 0.567 bits per heavy atom. The van der Waals surface area contributed by atoms with E-state index in [1.54, 1.807) is 0 Å². The molecule has 0 saturated heterocycles. The highest BCUT2D eigenvalue weighted by Crippen LogP contribution is 2.36. The average molecular weight is 393 g/mol. The smallest absolute Gasteiger partial charge is 0.238 e. The molecule has 148 valence electrons. The molecule has 1 amide bonds. The Morgan fingerprint density at radius 3 is 1.33 bits per heavy atom. The zero-order valence-corrected chi connectivity index (χ0v) is 16.7. The maximum absolute atomic E-state index is 12.8. The molecule has 4 aromatic carbocycles. The van der Waals surface area contributed by atoms with Crippen LogP contribution in [0.2, 0.25) is 0 Å². The summed E-state index contributed by atoms with van der Waals surface area (Å²) in [6, 6.07) is 40.3. The Morgan fingerprint density at radius 2 is 0.933 bits per heavy atom. The predicted octanol–water partition coefficient (Wildman–Crippen LogP) is 5.21. The van der Waals surface area contributed by atoms with E-state index in [9.17, 15) is 4.79 Å². The standard InChI is InChI=1S/C27H24N2O/c30-26(29-25-19-11-4-12-20-25)21-28-27(22-13-5-1-6-14-22,23-15-7-2-8-16-23)24-17-9-3-10-18-24/h1-20,28H,21H2,(H,29,30). The molecule has 3 nitrogen and oxygen atoms in total. The maximum atomic E-state index is 12.8. The summed E-state index contributed by atoms with van der Waals surface area (Å²) < 4.78 is 0. The van der Waals surface area contributed by atoms with Crippen LogP contribution in [0, 0.1) is 0 Å². The number of hydrogen-bond acceptors (Lipinski definition) is 2. The van der Waals surface area contributed by atoms with Gasteiger partial charge in [-0.25, -0.2) is 0 Å². The SMILES string of the molecule is O=C(CNC(c1ccccc1)(c1ccccc1)c1ccccc1)Nc1ccccc1. The monoisotopic (exact) mass is 392 g/mol. The minimum atomic E-state index is -0.655. The summed E-state index contributed by atoms with van der Waals surface area (Å²) in [5.41, 5.74) is 3.37. The Kier molecular flexibility index (Phi) is 6.02. The summed E-state index contributed by atoms with van der Waals surface area (Å²) in [6.07, 6.45) is 0. The van der Waals surface area contributed by atoms with Crippen LogP contribution in [0.5, 0.6) is 0 Å². The number of carbonyl (C=O) groups is 1. The van der Waals surface area contributed by atoms with Gasteiger partial charge in [-0.1, -0.05) is 109 Å². The van der Waals surface area contributed by atoms with E-state index in [1.807, 2.05) is 84.9 Å². The lowest BCUT2D eigenvalue weighted by Crippen LogP contribution is -2.47. The van der Waals surface area contributed by atoms with Crippen molar-refractivity contribution in [3.8, 4) is 0 Å². The Labute approximate surface area is 177 Å². The van der Waals surface area contributed by atoms with Crippen molar-refractivity contribution in [1.82, 2.24) is 5.32 Å². The average Bonchev–Trinajstić information content (AvgIpc) is 2.82. The van der Waals surface area contributed by atoms with Gasteiger partial charge in [-0.2, -0.15) is 0 Å². The molecule has 2 N–H and O–H groups in total. The molecule has 0 heterocycles. The van der Waals surface area contributed by atoms with E-state index in [-0.39, 0.29) is 12.5 Å². The Hall–Kier alpha value is -3.69. The molecule has 0 unspecified atom stereocenters.